The van der Waals surface area contributed by atoms with Crippen LogP contribution in [-0.2, 0) is 16.1 Å². The summed E-state index contributed by atoms with van der Waals surface area (Å²) in [5, 5.41) is 9.11. The van der Waals surface area contributed by atoms with E-state index in [9.17, 15) is 14.0 Å². The summed E-state index contributed by atoms with van der Waals surface area (Å²) < 4.78 is 15.2. The Balaban J connectivity index is 0.00000211. The number of carbonyl (C=O) groups excluding carboxylic acids is 2. The molecule has 1 heterocycles. The predicted molar refractivity (Wildman–Crippen MR) is 84.1 cm³/mol. The molecule has 0 unspecified atom stereocenters. The third-order valence-electron chi connectivity index (χ3n) is 2.88. The third kappa shape index (κ3) is 5.83. The highest BCUT2D eigenvalue weighted by Crippen LogP contribution is 2.20. The van der Waals surface area contributed by atoms with E-state index in [-0.39, 0.29) is 48.8 Å². The molecule has 0 aliphatic carbocycles. The van der Waals surface area contributed by atoms with Gasteiger partial charge in [-0.3, -0.25) is 14.3 Å². The average Bonchev–Trinajstić information content (AvgIpc) is 2.75. The van der Waals surface area contributed by atoms with Crippen molar-refractivity contribution >= 4 is 11.8 Å². The van der Waals surface area contributed by atoms with E-state index >= 15 is 0 Å². The van der Waals surface area contributed by atoms with Crippen LogP contribution in [0.15, 0.2) is 0 Å². The van der Waals surface area contributed by atoms with Crippen LogP contribution in [0.1, 0.15) is 51.4 Å². The Morgan fingerprint density at radius 3 is 2.36 bits per heavy atom. The van der Waals surface area contributed by atoms with E-state index < -0.39 is 0 Å². The smallest absolute Gasteiger partial charge is 0.241 e. The number of carbonyl (C=O) groups is 2. The molecule has 1 rings (SSSR count). The van der Waals surface area contributed by atoms with Crippen LogP contribution < -0.4 is 10.6 Å². The van der Waals surface area contributed by atoms with Crippen molar-refractivity contribution in [2.75, 3.05) is 13.6 Å². The Bertz CT molecular complexity index is 498. The largest absolute Gasteiger partial charge is 0.359 e. The second kappa shape index (κ2) is 9.92. The van der Waals surface area contributed by atoms with E-state index in [0.717, 1.165) is 0 Å². The molecule has 1 aromatic heterocycles. The maximum atomic E-state index is 13.9. The Kier molecular flexibility index (Phi) is 9.05. The molecule has 6 nitrogen and oxygen atoms in total. The number of halogens is 1. The van der Waals surface area contributed by atoms with Crippen LogP contribution >= 0.6 is 0 Å². The first-order valence-electron chi connectivity index (χ1n) is 7.56. The molecule has 22 heavy (non-hydrogen) atoms. The molecule has 0 bridgehead atoms. The first kappa shape index (κ1) is 20.1. The minimum Gasteiger partial charge on any atom is -0.359 e. The maximum absolute atomic E-state index is 13.9. The number of hydrogen-bond donors (Lipinski definition) is 2. The van der Waals surface area contributed by atoms with Crippen molar-refractivity contribution in [3.05, 3.63) is 17.2 Å². The molecule has 0 fully saturated rings. The van der Waals surface area contributed by atoms with Crippen molar-refractivity contribution in [3.8, 4) is 0 Å². The Labute approximate surface area is 131 Å². The van der Waals surface area contributed by atoms with Gasteiger partial charge >= 0.3 is 0 Å². The Morgan fingerprint density at radius 2 is 1.86 bits per heavy atom. The van der Waals surface area contributed by atoms with E-state index in [1.54, 1.807) is 6.92 Å². The highest BCUT2D eigenvalue weighted by molar-refractivity contribution is 5.78. The van der Waals surface area contributed by atoms with Crippen molar-refractivity contribution in [3.63, 3.8) is 0 Å². The fourth-order valence-corrected chi connectivity index (χ4v) is 1.88. The van der Waals surface area contributed by atoms with Crippen molar-refractivity contribution in [2.45, 2.75) is 53.5 Å². The van der Waals surface area contributed by atoms with Crippen LogP contribution in [0.25, 0.3) is 0 Å². The minimum absolute atomic E-state index is 0.0496. The molecule has 0 radical (unpaired) electrons. The van der Waals surface area contributed by atoms with E-state index in [1.165, 1.54) is 11.7 Å². The standard InChI is InChI=1S/C13H21FN4O2.C2H6/c1-8(2)13-12(14)9(3)17-18(13)7-11(20)16-6-5-10(19)15-4;1-2/h8H,5-7H2,1-4H3,(H,15,19)(H,16,20);1-2H3. The summed E-state index contributed by atoms with van der Waals surface area (Å²) in [6.07, 6.45) is 0.214. The van der Waals surface area contributed by atoms with Gasteiger partial charge in [-0.2, -0.15) is 5.10 Å². The summed E-state index contributed by atoms with van der Waals surface area (Å²) in [7, 11) is 1.54. The van der Waals surface area contributed by atoms with Crippen LogP contribution in [0, 0.1) is 12.7 Å². The van der Waals surface area contributed by atoms with Gasteiger partial charge in [0.15, 0.2) is 5.82 Å². The zero-order valence-corrected chi connectivity index (χ0v) is 14.3. The third-order valence-corrected chi connectivity index (χ3v) is 2.88. The zero-order chi connectivity index (χ0) is 17.3. The van der Waals surface area contributed by atoms with Crippen molar-refractivity contribution in [1.82, 2.24) is 20.4 Å². The molecule has 2 N–H and O–H groups in total. The van der Waals surface area contributed by atoms with E-state index in [0.29, 0.717) is 5.69 Å². The van der Waals surface area contributed by atoms with Crippen LogP contribution in [0.3, 0.4) is 0 Å². The Hall–Kier alpha value is -1.92. The lowest BCUT2D eigenvalue weighted by atomic mass is 10.1. The van der Waals surface area contributed by atoms with Crippen LogP contribution in [0.5, 0.6) is 0 Å². The van der Waals surface area contributed by atoms with Crippen LogP contribution in [-0.4, -0.2) is 35.2 Å². The first-order chi connectivity index (χ1) is 10.4. The zero-order valence-electron chi connectivity index (χ0n) is 14.3. The molecule has 0 aliphatic heterocycles. The summed E-state index contributed by atoms with van der Waals surface area (Å²) in [6, 6.07) is 0. The highest BCUT2D eigenvalue weighted by Gasteiger charge is 2.19. The number of nitrogens with one attached hydrogen (secondary N) is 2. The second-order valence-corrected chi connectivity index (χ2v) is 4.87. The molecule has 1 aromatic rings. The van der Waals surface area contributed by atoms with E-state index in [1.807, 2.05) is 27.7 Å². The SMILES string of the molecule is CC.CNC(=O)CCNC(=O)Cn1nc(C)c(F)c1C(C)C. The van der Waals surface area contributed by atoms with Gasteiger partial charge in [0.05, 0.1) is 11.4 Å². The summed E-state index contributed by atoms with van der Waals surface area (Å²) in [5.74, 6) is -0.861. The number of aryl methyl sites for hydroxylation is 1. The van der Waals surface area contributed by atoms with Crippen LogP contribution in [0.4, 0.5) is 4.39 Å². The quantitative estimate of drug-likeness (QED) is 0.839. The fraction of sp³-hybridized carbons (Fsp3) is 0.667. The monoisotopic (exact) mass is 314 g/mol. The Morgan fingerprint density at radius 1 is 1.27 bits per heavy atom. The fourth-order valence-electron chi connectivity index (χ4n) is 1.88. The number of rotatable bonds is 6. The van der Waals surface area contributed by atoms with Crippen molar-refractivity contribution < 1.29 is 14.0 Å². The lowest BCUT2D eigenvalue weighted by Gasteiger charge is -2.10. The number of nitrogens with zero attached hydrogens (tertiary/aromatic N) is 2. The maximum Gasteiger partial charge on any atom is 0.241 e. The minimum atomic E-state index is -0.363. The van der Waals surface area contributed by atoms with Gasteiger partial charge in [-0.15, -0.1) is 0 Å². The summed E-state index contributed by atoms with van der Waals surface area (Å²) in [4.78, 5) is 22.8. The molecule has 2 amide bonds. The van der Waals surface area contributed by atoms with Gasteiger partial charge in [-0.05, 0) is 12.8 Å². The number of aromatic nitrogens is 2. The molecular weight excluding hydrogens is 287 g/mol. The average molecular weight is 314 g/mol. The first-order valence-corrected chi connectivity index (χ1v) is 7.56. The van der Waals surface area contributed by atoms with Gasteiger partial charge < -0.3 is 10.6 Å². The molecule has 0 atom stereocenters. The van der Waals surface area contributed by atoms with Gasteiger partial charge in [0.2, 0.25) is 11.8 Å². The van der Waals surface area contributed by atoms with Gasteiger partial charge in [-0.25, -0.2) is 4.39 Å². The molecule has 126 valence electrons. The summed E-state index contributed by atoms with van der Waals surface area (Å²) >= 11 is 0. The molecule has 0 saturated heterocycles. The van der Waals surface area contributed by atoms with Crippen LogP contribution in [0.2, 0.25) is 0 Å². The lowest BCUT2D eigenvalue weighted by Crippen LogP contribution is -2.32. The van der Waals surface area contributed by atoms with Crippen molar-refractivity contribution in [1.29, 1.82) is 0 Å². The topological polar surface area (TPSA) is 76.0 Å². The molecule has 0 aliphatic rings. The van der Waals surface area contributed by atoms with Gasteiger partial charge in [-0.1, -0.05) is 27.7 Å². The lowest BCUT2D eigenvalue weighted by molar-refractivity contribution is -0.122. The summed E-state index contributed by atoms with van der Waals surface area (Å²) in [5.41, 5.74) is 0.704. The molecule has 0 aromatic carbocycles. The van der Waals surface area contributed by atoms with Gasteiger partial charge in [0.25, 0.3) is 0 Å². The molecule has 7 heteroatoms. The molecule has 0 spiro atoms. The van der Waals surface area contributed by atoms with E-state index in [4.69, 9.17) is 0 Å². The highest BCUT2D eigenvalue weighted by atomic mass is 19.1. The van der Waals surface area contributed by atoms with Gasteiger partial charge in [0.1, 0.15) is 6.54 Å². The molecular formula is C15H27FN4O2. The van der Waals surface area contributed by atoms with E-state index in [2.05, 4.69) is 15.7 Å². The number of hydrogen-bond acceptors (Lipinski definition) is 3. The van der Waals surface area contributed by atoms with Gasteiger partial charge in [0, 0.05) is 20.0 Å². The molecule has 0 saturated carbocycles. The number of amides is 2. The second-order valence-electron chi connectivity index (χ2n) is 4.87. The predicted octanol–water partition coefficient (Wildman–Crippen LogP) is 1.73. The summed E-state index contributed by atoms with van der Waals surface area (Å²) in [6.45, 7) is 9.46. The normalized spacial score (nSPS) is 10.0. The van der Waals surface area contributed by atoms with Crippen molar-refractivity contribution in [2.24, 2.45) is 0 Å².